The highest BCUT2D eigenvalue weighted by molar-refractivity contribution is 5.97. The Labute approximate surface area is 110 Å². The molecule has 0 fully saturated rings. The van der Waals surface area contributed by atoms with Crippen LogP contribution in [0.25, 0.3) is 0 Å². The van der Waals surface area contributed by atoms with Crippen molar-refractivity contribution in [3.63, 3.8) is 0 Å². The number of amides is 1. The van der Waals surface area contributed by atoms with Gasteiger partial charge in [-0.15, -0.1) is 0 Å². The van der Waals surface area contributed by atoms with Gasteiger partial charge in [-0.2, -0.15) is 0 Å². The third-order valence-electron chi connectivity index (χ3n) is 3.29. The highest BCUT2D eigenvalue weighted by atomic mass is 16.3. The monoisotopic (exact) mass is 258 g/mol. The standard InChI is InChI=1S/C13H14N4O2/c1-14-11-12-9(4-7-19-12)3-6-17(13(11)18)10-2-5-15-8-16-10/h2,4-5,7-8,11,14H,3,6H2,1H3. The second kappa shape index (κ2) is 4.81. The number of hydrogen-bond acceptors (Lipinski definition) is 5. The van der Waals surface area contributed by atoms with Crippen LogP contribution in [0.15, 0.2) is 35.3 Å². The first-order chi connectivity index (χ1) is 9.31. The van der Waals surface area contributed by atoms with Crippen LogP contribution in [0.4, 0.5) is 5.82 Å². The molecular formula is C13H14N4O2. The molecule has 1 atom stereocenters. The number of nitrogens with zero attached hydrogens (tertiary/aromatic N) is 3. The molecule has 98 valence electrons. The van der Waals surface area contributed by atoms with E-state index < -0.39 is 6.04 Å². The van der Waals surface area contributed by atoms with Crippen molar-refractivity contribution in [3.8, 4) is 0 Å². The van der Waals surface area contributed by atoms with E-state index in [1.165, 1.54) is 6.33 Å². The van der Waals surface area contributed by atoms with Crippen LogP contribution in [0.1, 0.15) is 17.4 Å². The number of fused-ring (bicyclic) bond motifs is 1. The van der Waals surface area contributed by atoms with Crippen molar-refractivity contribution < 1.29 is 9.21 Å². The van der Waals surface area contributed by atoms with Crippen LogP contribution in [-0.2, 0) is 11.2 Å². The van der Waals surface area contributed by atoms with Crippen LogP contribution in [-0.4, -0.2) is 29.5 Å². The number of rotatable bonds is 2. The minimum atomic E-state index is -0.470. The summed E-state index contributed by atoms with van der Waals surface area (Å²) in [7, 11) is 1.75. The van der Waals surface area contributed by atoms with Crippen molar-refractivity contribution in [1.29, 1.82) is 0 Å². The molecule has 2 aromatic heterocycles. The maximum absolute atomic E-state index is 12.6. The maximum Gasteiger partial charge on any atom is 0.253 e. The molecule has 3 heterocycles. The number of carbonyl (C=O) groups is 1. The molecule has 1 aliphatic rings. The lowest BCUT2D eigenvalue weighted by molar-refractivity contribution is -0.120. The van der Waals surface area contributed by atoms with E-state index in [1.807, 2.05) is 6.07 Å². The molecule has 0 saturated heterocycles. The molecule has 1 aliphatic heterocycles. The molecule has 0 aliphatic carbocycles. The number of furan rings is 1. The summed E-state index contributed by atoms with van der Waals surface area (Å²) in [5, 5.41) is 3.01. The van der Waals surface area contributed by atoms with Crippen molar-refractivity contribution in [2.75, 3.05) is 18.5 Å². The van der Waals surface area contributed by atoms with Crippen molar-refractivity contribution in [2.45, 2.75) is 12.5 Å². The zero-order valence-corrected chi connectivity index (χ0v) is 10.5. The normalized spacial score (nSPS) is 19.1. The second-order valence-electron chi connectivity index (χ2n) is 4.34. The molecule has 1 N–H and O–H groups in total. The molecule has 0 radical (unpaired) electrons. The summed E-state index contributed by atoms with van der Waals surface area (Å²) in [6.45, 7) is 0.584. The van der Waals surface area contributed by atoms with Crippen molar-refractivity contribution >= 4 is 11.7 Å². The van der Waals surface area contributed by atoms with E-state index in [0.717, 1.165) is 12.0 Å². The molecule has 3 rings (SSSR count). The summed E-state index contributed by atoms with van der Waals surface area (Å²) in [6.07, 6.45) is 5.45. The van der Waals surface area contributed by atoms with Crippen molar-refractivity contribution in [3.05, 3.63) is 42.2 Å². The summed E-state index contributed by atoms with van der Waals surface area (Å²) in [6, 6.07) is 3.18. The number of carbonyl (C=O) groups excluding carboxylic acids is 1. The van der Waals surface area contributed by atoms with Crippen LogP contribution in [0.5, 0.6) is 0 Å². The summed E-state index contributed by atoms with van der Waals surface area (Å²) >= 11 is 0. The molecular weight excluding hydrogens is 244 g/mol. The molecule has 6 nitrogen and oxygen atoms in total. The molecule has 0 bridgehead atoms. The lowest BCUT2D eigenvalue weighted by Gasteiger charge is -2.22. The van der Waals surface area contributed by atoms with E-state index in [-0.39, 0.29) is 5.91 Å². The first kappa shape index (κ1) is 11.9. The zero-order chi connectivity index (χ0) is 13.2. The lowest BCUT2D eigenvalue weighted by atomic mass is 10.1. The number of likely N-dealkylation sites (N-methyl/N-ethyl adjacent to an activating group) is 1. The van der Waals surface area contributed by atoms with Gasteiger partial charge in [0.1, 0.15) is 23.9 Å². The Bertz CT molecular complexity index is 581. The van der Waals surface area contributed by atoms with Gasteiger partial charge >= 0.3 is 0 Å². The van der Waals surface area contributed by atoms with Crippen LogP contribution >= 0.6 is 0 Å². The minimum Gasteiger partial charge on any atom is -0.467 e. The second-order valence-corrected chi connectivity index (χ2v) is 4.34. The maximum atomic E-state index is 12.6. The summed E-state index contributed by atoms with van der Waals surface area (Å²) in [5.41, 5.74) is 1.06. The van der Waals surface area contributed by atoms with E-state index in [2.05, 4.69) is 15.3 Å². The van der Waals surface area contributed by atoms with Gasteiger partial charge in [-0.25, -0.2) is 9.97 Å². The predicted molar refractivity (Wildman–Crippen MR) is 68.6 cm³/mol. The number of anilines is 1. The third kappa shape index (κ3) is 2.00. The van der Waals surface area contributed by atoms with Gasteiger partial charge < -0.3 is 9.73 Å². The fourth-order valence-electron chi connectivity index (χ4n) is 2.34. The number of nitrogens with one attached hydrogen (secondary N) is 1. The van der Waals surface area contributed by atoms with E-state index >= 15 is 0 Å². The zero-order valence-electron chi connectivity index (χ0n) is 10.5. The molecule has 0 spiro atoms. The topological polar surface area (TPSA) is 71.3 Å². The van der Waals surface area contributed by atoms with Gasteiger partial charge in [0.05, 0.1) is 6.26 Å². The predicted octanol–water partition coefficient (Wildman–Crippen LogP) is 0.919. The Balaban J connectivity index is 1.99. The molecule has 19 heavy (non-hydrogen) atoms. The first-order valence-corrected chi connectivity index (χ1v) is 6.12. The Morgan fingerprint density at radius 3 is 3.11 bits per heavy atom. The van der Waals surface area contributed by atoms with Crippen LogP contribution in [0.3, 0.4) is 0 Å². The molecule has 1 unspecified atom stereocenters. The quantitative estimate of drug-likeness (QED) is 0.867. The Hall–Kier alpha value is -2.21. The SMILES string of the molecule is CNC1C(=O)N(c2ccncn2)CCc2ccoc21. The first-order valence-electron chi connectivity index (χ1n) is 6.12. The number of hydrogen-bond donors (Lipinski definition) is 1. The molecule has 0 saturated carbocycles. The van der Waals surface area contributed by atoms with Gasteiger partial charge in [0, 0.05) is 12.7 Å². The lowest BCUT2D eigenvalue weighted by Crippen LogP contribution is -2.39. The average molecular weight is 258 g/mol. The molecule has 0 aromatic carbocycles. The van der Waals surface area contributed by atoms with Gasteiger partial charge in [-0.05, 0) is 31.2 Å². The number of aromatic nitrogens is 2. The van der Waals surface area contributed by atoms with Crippen molar-refractivity contribution in [1.82, 2.24) is 15.3 Å². The third-order valence-corrected chi connectivity index (χ3v) is 3.29. The van der Waals surface area contributed by atoms with Gasteiger partial charge in [0.2, 0.25) is 0 Å². The van der Waals surface area contributed by atoms with E-state index in [1.54, 1.807) is 30.5 Å². The Morgan fingerprint density at radius 2 is 2.37 bits per heavy atom. The largest absolute Gasteiger partial charge is 0.467 e. The summed E-state index contributed by atoms with van der Waals surface area (Å²) in [5.74, 6) is 1.25. The van der Waals surface area contributed by atoms with E-state index in [9.17, 15) is 4.79 Å². The Morgan fingerprint density at radius 1 is 1.47 bits per heavy atom. The fourth-order valence-corrected chi connectivity index (χ4v) is 2.34. The minimum absolute atomic E-state index is 0.0603. The average Bonchev–Trinajstić information content (AvgIpc) is 2.85. The van der Waals surface area contributed by atoms with Gasteiger partial charge in [0.15, 0.2) is 0 Å². The van der Waals surface area contributed by atoms with Crippen LogP contribution in [0.2, 0.25) is 0 Å². The van der Waals surface area contributed by atoms with Gasteiger partial charge in [-0.3, -0.25) is 9.69 Å². The van der Waals surface area contributed by atoms with Crippen LogP contribution < -0.4 is 10.2 Å². The molecule has 6 heteroatoms. The Kier molecular flexibility index (Phi) is 3.00. The highest BCUT2D eigenvalue weighted by Gasteiger charge is 2.33. The van der Waals surface area contributed by atoms with E-state index in [4.69, 9.17) is 4.42 Å². The van der Waals surface area contributed by atoms with Crippen LogP contribution in [0, 0.1) is 0 Å². The van der Waals surface area contributed by atoms with Gasteiger partial charge in [0.25, 0.3) is 5.91 Å². The summed E-state index contributed by atoms with van der Waals surface area (Å²) < 4.78 is 5.45. The smallest absolute Gasteiger partial charge is 0.253 e. The fraction of sp³-hybridized carbons (Fsp3) is 0.308. The molecule has 1 amide bonds. The van der Waals surface area contributed by atoms with Gasteiger partial charge in [-0.1, -0.05) is 0 Å². The van der Waals surface area contributed by atoms with E-state index in [0.29, 0.717) is 18.1 Å². The highest BCUT2D eigenvalue weighted by Crippen LogP contribution is 2.27. The van der Waals surface area contributed by atoms with Crippen molar-refractivity contribution in [2.24, 2.45) is 0 Å². The molecule has 2 aromatic rings. The summed E-state index contributed by atoms with van der Waals surface area (Å²) in [4.78, 5) is 22.3.